The van der Waals surface area contributed by atoms with E-state index in [1.54, 1.807) is 11.8 Å². The molecule has 1 rings (SSSR count). The van der Waals surface area contributed by atoms with Gasteiger partial charge >= 0.3 is 5.97 Å². The van der Waals surface area contributed by atoms with E-state index in [1.165, 1.54) is 11.8 Å². The standard InChI is InChI=1S/C17H22N2O3S/c1-4-22-17(21)12-23-11-16(20)19(7-5-6-18)15-9-13(2)8-14(3)10-15/h8-10H,4-5,7,11-12H2,1-3H3. The molecule has 0 atom stereocenters. The highest BCUT2D eigenvalue weighted by molar-refractivity contribution is 8.00. The molecular weight excluding hydrogens is 312 g/mol. The Hall–Kier alpha value is -2.00. The van der Waals surface area contributed by atoms with Crippen LogP contribution in [0.25, 0.3) is 0 Å². The predicted molar refractivity (Wildman–Crippen MR) is 92.5 cm³/mol. The number of hydrogen-bond donors (Lipinski definition) is 0. The fourth-order valence-corrected chi connectivity index (χ4v) is 2.85. The maximum Gasteiger partial charge on any atom is 0.315 e. The summed E-state index contributed by atoms with van der Waals surface area (Å²) >= 11 is 1.23. The number of aryl methyl sites for hydroxylation is 2. The molecule has 0 heterocycles. The Balaban J connectivity index is 2.75. The second-order valence-electron chi connectivity index (χ2n) is 5.10. The fraction of sp³-hybridized carbons (Fsp3) is 0.471. The van der Waals surface area contributed by atoms with Crippen molar-refractivity contribution in [1.82, 2.24) is 0 Å². The number of amides is 1. The van der Waals surface area contributed by atoms with Gasteiger partial charge in [0.1, 0.15) is 0 Å². The Bertz CT molecular complexity index is 576. The van der Waals surface area contributed by atoms with Crippen LogP contribution in [0.1, 0.15) is 24.5 Å². The molecule has 0 bridgehead atoms. The van der Waals surface area contributed by atoms with Gasteiger partial charge in [-0.3, -0.25) is 9.59 Å². The summed E-state index contributed by atoms with van der Waals surface area (Å²) in [6.45, 7) is 6.37. The molecule has 1 aromatic carbocycles. The van der Waals surface area contributed by atoms with Gasteiger partial charge in [-0.2, -0.15) is 5.26 Å². The number of benzene rings is 1. The van der Waals surface area contributed by atoms with E-state index in [0.717, 1.165) is 16.8 Å². The second kappa shape index (κ2) is 9.90. The zero-order valence-electron chi connectivity index (χ0n) is 13.8. The van der Waals surface area contributed by atoms with Crippen molar-refractivity contribution in [3.8, 4) is 6.07 Å². The molecule has 0 spiro atoms. The summed E-state index contributed by atoms with van der Waals surface area (Å²) in [4.78, 5) is 25.4. The van der Waals surface area contributed by atoms with E-state index in [2.05, 4.69) is 6.07 Å². The van der Waals surface area contributed by atoms with Crippen molar-refractivity contribution in [1.29, 1.82) is 5.26 Å². The van der Waals surface area contributed by atoms with Gasteiger partial charge < -0.3 is 9.64 Å². The van der Waals surface area contributed by atoms with Crippen LogP contribution in [0.4, 0.5) is 5.69 Å². The maximum atomic E-state index is 12.5. The molecule has 0 fully saturated rings. The molecule has 5 nitrogen and oxygen atoms in total. The van der Waals surface area contributed by atoms with Crippen LogP contribution in [0.3, 0.4) is 0 Å². The first-order chi connectivity index (χ1) is 11.0. The summed E-state index contributed by atoms with van der Waals surface area (Å²) in [5.41, 5.74) is 2.92. The third-order valence-corrected chi connectivity index (χ3v) is 3.91. The lowest BCUT2D eigenvalue weighted by molar-refractivity contribution is -0.139. The van der Waals surface area contributed by atoms with Gasteiger partial charge in [0.2, 0.25) is 5.91 Å². The highest BCUT2D eigenvalue weighted by atomic mass is 32.2. The van der Waals surface area contributed by atoms with Gasteiger partial charge in [0.25, 0.3) is 0 Å². The van der Waals surface area contributed by atoms with Gasteiger partial charge in [-0.05, 0) is 44.0 Å². The molecule has 0 aliphatic heterocycles. The fourth-order valence-electron chi connectivity index (χ4n) is 2.17. The quantitative estimate of drug-likeness (QED) is 0.684. The highest BCUT2D eigenvalue weighted by Gasteiger charge is 2.17. The number of ether oxygens (including phenoxy) is 1. The van der Waals surface area contributed by atoms with Crippen molar-refractivity contribution in [3.63, 3.8) is 0 Å². The number of nitriles is 1. The lowest BCUT2D eigenvalue weighted by Crippen LogP contribution is -2.33. The van der Waals surface area contributed by atoms with E-state index in [1.807, 2.05) is 32.0 Å². The van der Waals surface area contributed by atoms with Crippen molar-refractivity contribution >= 4 is 29.3 Å². The number of rotatable bonds is 8. The van der Waals surface area contributed by atoms with Gasteiger partial charge in [0.05, 0.1) is 30.6 Å². The average molecular weight is 334 g/mol. The molecule has 0 radical (unpaired) electrons. The first kappa shape index (κ1) is 19.0. The smallest absolute Gasteiger partial charge is 0.315 e. The number of esters is 1. The number of nitrogens with zero attached hydrogens (tertiary/aromatic N) is 2. The summed E-state index contributed by atoms with van der Waals surface area (Å²) in [6.07, 6.45) is 0.265. The van der Waals surface area contributed by atoms with E-state index in [4.69, 9.17) is 10.00 Å². The molecule has 1 amide bonds. The van der Waals surface area contributed by atoms with Crippen LogP contribution in [0, 0.1) is 25.2 Å². The first-order valence-corrected chi connectivity index (χ1v) is 8.62. The van der Waals surface area contributed by atoms with Crippen molar-refractivity contribution in [2.24, 2.45) is 0 Å². The Morgan fingerprint density at radius 1 is 1.22 bits per heavy atom. The monoisotopic (exact) mass is 334 g/mol. The molecule has 23 heavy (non-hydrogen) atoms. The van der Waals surface area contributed by atoms with Crippen molar-refractivity contribution < 1.29 is 14.3 Å². The van der Waals surface area contributed by atoms with Gasteiger partial charge in [-0.15, -0.1) is 11.8 Å². The number of carbonyl (C=O) groups excluding carboxylic acids is 2. The zero-order valence-corrected chi connectivity index (χ0v) is 14.6. The van der Waals surface area contributed by atoms with Crippen LogP contribution < -0.4 is 4.90 Å². The molecule has 0 aliphatic rings. The molecular formula is C17H22N2O3S. The van der Waals surface area contributed by atoms with Gasteiger partial charge in [0.15, 0.2) is 0 Å². The SMILES string of the molecule is CCOC(=O)CSCC(=O)N(CCC#N)c1cc(C)cc(C)c1. The molecule has 0 aliphatic carbocycles. The molecule has 124 valence electrons. The maximum absolute atomic E-state index is 12.5. The van der Waals surface area contributed by atoms with E-state index in [9.17, 15) is 9.59 Å². The third kappa shape index (κ3) is 6.74. The minimum absolute atomic E-state index is 0.112. The lowest BCUT2D eigenvalue weighted by Gasteiger charge is -2.22. The van der Waals surface area contributed by atoms with Crippen molar-refractivity contribution in [3.05, 3.63) is 29.3 Å². The summed E-state index contributed by atoms with van der Waals surface area (Å²) in [7, 11) is 0. The second-order valence-corrected chi connectivity index (χ2v) is 6.08. The molecule has 0 aromatic heterocycles. The van der Waals surface area contributed by atoms with E-state index >= 15 is 0 Å². The number of hydrogen-bond acceptors (Lipinski definition) is 5. The molecule has 0 N–H and O–H groups in total. The van der Waals surface area contributed by atoms with Crippen molar-refractivity contribution in [2.45, 2.75) is 27.2 Å². The number of thioether (sulfide) groups is 1. The molecule has 1 aromatic rings. The zero-order chi connectivity index (χ0) is 17.2. The summed E-state index contributed by atoms with van der Waals surface area (Å²) < 4.78 is 4.84. The predicted octanol–water partition coefficient (Wildman–Crippen LogP) is 2.85. The third-order valence-electron chi connectivity index (χ3n) is 3.02. The van der Waals surface area contributed by atoms with E-state index in [-0.39, 0.29) is 29.8 Å². The number of carbonyl (C=O) groups is 2. The Morgan fingerprint density at radius 2 is 1.87 bits per heavy atom. The van der Waals surface area contributed by atoms with Crippen LogP contribution in [0.5, 0.6) is 0 Å². The largest absolute Gasteiger partial charge is 0.465 e. The Kier molecular flexibility index (Phi) is 8.20. The first-order valence-electron chi connectivity index (χ1n) is 7.47. The Labute approximate surface area is 141 Å². The topological polar surface area (TPSA) is 70.4 Å². The van der Waals surface area contributed by atoms with Gasteiger partial charge in [-0.1, -0.05) is 6.07 Å². The summed E-state index contributed by atoms with van der Waals surface area (Å²) in [5, 5.41) is 8.81. The van der Waals surface area contributed by atoms with Crippen LogP contribution >= 0.6 is 11.8 Å². The average Bonchev–Trinajstić information content (AvgIpc) is 2.47. The van der Waals surface area contributed by atoms with E-state index in [0.29, 0.717) is 13.2 Å². The molecule has 0 saturated heterocycles. The van der Waals surface area contributed by atoms with Gasteiger partial charge in [0, 0.05) is 12.2 Å². The Morgan fingerprint density at radius 3 is 2.43 bits per heavy atom. The summed E-state index contributed by atoms with van der Waals surface area (Å²) in [6, 6.07) is 7.96. The lowest BCUT2D eigenvalue weighted by atomic mass is 10.1. The van der Waals surface area contributed by atoms with E-state index < -0.39 is 0 Å². The molecule has 0 unspecified atom stereocenters. The van der Waals surface area contributed by atoms with Crippen LogP contribution in [-0.2, 0) is 14.3 Å². The van der Waals surface area contributed by atoms with Crippen LogP contribution in [-0.4, -0.2) is 36.5 Å². The summed E-state index contributed by atoms with van der Waals surface area (Å²) in [5.74, 6) is -0.102. The van der Waals surface area contributed by atoms with Crippen LogP contribution in [0.2, 0.25) is 0 Å². The minimum atomic E-state index is -0.319. The molecule has 6 heteroatoms. The van der Waals surface area contributed by atoms with Gasteiger partial charge in [-0.25, -0.2) is 0 Å². The van der Waals surface area contributed by atoms with Crippen LogP contribution in [0.15, 0.2) is 18.2 Å². The highest BCUT2D eigenvalue weighted by Crippen LogP contribution is 2.20. The molecule has 0 saturated carbocycles. The minimum Gasteiger partial charge on any atom is -0.465 e. The van der Waals surface area contributed by atoms with Crippen molar-refractivity contribution in [2.75, 3.05) is 29.6 Å². The number of anilines is 1. The normalized spacial score (nSPS) is 10.0.